The van der Waals surface area contributed by atoms with Gasteiger partial charge in [-0.05, 0) is 43.0 Å². The molecule has 4 nitrogen and oxygen atoms in total. The first kappa shape index (κ1) is 20.4. The number of aryl methyl sites for hydroxylation is 2. The van der Waals surface area contributed by atoms with E-state index in [4.69, 9.17) is 4.98 Å². The Hall–Kier alpha value is -3.51. The zero-order valence-electron chi connectivity index (χ0n) is 17.9. The van der Waals surface area contributed by atoms with Crippen LogP contribution in [0.15, 0.2) is 66.7 Å². The molecule has 0 spiro atoms. The zero-order chi connectivity index (χ0) is 22.1. The first-order valence-corrected chi connectivity index (χ1v) is 11.4. The number of fused-ring (bicyclic) bond motifs is 2. The Balaban J connectivity index is 1.41. The minimum Gasteiger partial charge on any atom is -0.383 e. The van der Waals surface area contributed by atoms with Crippen molar-refractivity contribution in [3.8, 4) is 11.1 Å². The van der Waals surface area contributed by atoms with Crippen LogP contribution in [-0.4, -0.2) is 23.1 Å². The standard InChI is InChI=1S/C26H23FN4S/c1-16-23(19-10-12-20(27)13-11-19)24-25(30-17(2)31-26(24)32-16)29-15-14-28-22-9-5-7-18-6-3-4-8-21(18)22/h3-13,28H,14-15H2,1-2H3,(H,29,30,31). The Bertz CT molecular complexity index is 1400. The summed E-state index contributed by atoms with van der Waals surface area (Å²) in [5, 5.41) is 10.5. The monoisotopic (exact) mass is 442 g/mol. The normalized spacial score (nSPS) is 11.2. The molecule has 2 aromatic heterocycles. The lowest BCUT2D eigenvalue weighted by Crippen LogP contribution is -2.15. The zero-order valence-corrected chi connectivity index (χ0v) is 18.8. The van der Waals surface area contributed by atoms with Crippen LogP contribution in [0.5, 0.6) is 0 Å². The van der Waals surface area contributed by atoms with Crippen LogP contribution in [0.1, 0.15) is 10.7 Å². The third kappa shape index (κ3) is 3.89. The molecule has 6 heteroatoms. The van der Waals surface area contributed by atoms with E-state index in [1.165, 1.54) is 22.9 Å². The average molecular weight is 443 g/mol. The molecular weight excluding hydrogens is 419 g/mol. The third-order valence-corrected chi connectivity index (χ3v) is 6.49. The van der Waals surface area contributed by atoms with Crippen molar-refractivity contribution in [3.63, 3.8) is 0 Å². The van der Waals surface area contributed by atoms with Crippen molar-refractivity contribution in [3.05, 3.63) is 83.2 Å². The number of hydrogen-bond acceptors (Lipinski definition) is 5. The molecule has 5 rings (SSSR count). The molecule has 3 aromatic carbocycles. The van der Waals surface area contributed by atoms with E-state index in [9.17, 15) is 4.39 Å². The lowest BCUT2D eigenvalue weighted by atomic mass is 10.0. The van der Waals surface area contributed by atoms with Gasteiger partial charge in [0.25, 0.3) is 0 Å². The van der Waals surface area contributed by atoms with Crippen LogP contribution in [0.3, 0.4) is 0 Å². The lowest BCUT2D eigenvalue weighted by Gasteiger charge is -2.12. The highest BCUT2D eigenvalue weighted by Gasteiger charge is 2.17. The molecule has 2 N–H and O–H groups in total. The predicted octanol–water partition coefficient (Wildman–Crippen LogP) is 6.79. The average Bonchev–Trinajstić information content (AvgIpc) is 3.12. The molecule has 5 aromatic rings. The predicted molar refractivity (Wildman–Crippen MR) is 133 cm³/mol. The molecule has 160 valence electrons. The minimum absolute atomic E-state index is 0.240. The summed E-state index contributed by atoms with van der Waals surface area (Å²) in [6.07, 6.45) is 0. The van der Waals surface area contributed by atoms with Crippen molar-refractivity contribution in [2.75, 3.05) is 23.7 Å². The number of nitrogens with one attached hydrogen (secondary N) is 2. The van der Waals surface area contributed by atoms with Crippen molar-refractivity contribution in [2.45, 2.75) is 13.8 Å². The molecule has 0 unspecified atom stereocenters. The van der Waals surface area contributed by atoms with Crippen LogP contribution in [0.4, 0.5) is 15.9 Å². The Kier molecular flexibility index (Phi) is 5.45. The SMILES string of the molecule is Cc1nc(NCCNc2cccc3ccccc23)c2c(-c3ccc(F)cc3)c(C)sc2n1. The number of thiophene rings is 1. The van der Waals surface area contributed by atoms with E-state index >= 15 is 0 Å². The van der Waals surface area contributed by atoms with Crippen molar-refractivity contribution in [2.24, 2.45) is 0 Å². The number of halogens is 1. The van der Waals surface area contributed by atoms with E-state index in [-0.39, 0.29) is 5.82 Å². The van der Waals surface area contributed by atoms with E-state index in [1.807, 2.05) is 19.1 Å². The van der Waals surface area contributed by atoms with Crippen LogP contribution in [0, 0.1) is 19.7 Å². The number of anilines is 2. The second kappa shape index (κ2) is 8.55. The van der Waals surface area contributed by atoms with Gasteiger partial charge in [0, 0.05) is 34.6 Å². The topological polar surface area (TPSA) is 49.8 Å². The molecule has 0 radical (unpaired) electrons. The van der Waals surface area contributed by atoms with Crippen molar-refractivity contribution in [1.29, 1.82) is 0 Å². The number of nitrogens with zero attached hydrogens (tertiary/aromatic N) is 2. The van der Waals surface area contributed by atoms with Crippen LogP contribution in [0.2, 0.25) is 0 Å². The molecule has 0 saturated carbocycles. The molecule has 0 aliphatic rings. The maximum absolute atomic E-state index is 13.5. The second-order valence-electron chi connectivity index (χ2n) is 7.72. The first-order chi connectivity index (χ1) is 15.6. The minimum atomic E-state index is -0.240. The molecule has 2 heterocycles. The quantitative estimate of drug-likeness (QED) is 0.284. The van der Waals surface area contributed by atoms with Crippen molar-refractivity contribution >= 4 is 43.8 Å². The van der Waals surface area contributed by atoms with Gasteiger partial charge in [-0.1, -0.05) is 48.5 Å². The van der Waals surface area contributed by atoms with Gasteiger partial charge in [-0.2, -0.15) is 0 Å². The molecule has 0 bridgehead atoms. The Morgan fingerprint density at radius 2 is 1.59 bits per heavy atom. The lowest BCUT2D eigenvalue weighted by molar-refractivity contribution is 0.628. The summed E-state index contributed by atoms with van der Waals surface area (Å²) < 4.78 is 13.5. The van der Waals surface area contributed by atoms with Crippen molar-refractivity contribution < 1.29 is 4.39 Å². The largest absolute Gasteiger partial charge is 0.383 e. The summed E-state index contributed by atoms with van der Waals surface area (Å²) in [6.45, 7) is 5.43. The van der Waals surface area contributed by atoms with Gasteiger partial charge in [0.2, 0.25) is 0 Å². The summed E-state index contributed by atoms with van der Waals surface area (Å²) in [5.41, 5.74) is 3.15. The summed E-state index contributed by atoms with van der Waals surface area (Å²) >= 11 is 1.64. The first-order valence-electron chi connectivity index (χ1n) is 10.6. The Labute approximate surface area is 190 Å². The van der Waals surface area contributed by atoms with Crippen molar-refractivity contribution in [1.82, 2.24) is 9.97 Å². The summed E-state index contributed by atoms with van der Waals surface area (Å²) in [4.78, 5) is 11.4. The molecule has 0 saturated heterocycles. The molecule has 0 atom stereocenters. The highest BCUT2D eigenvalue weighted by atomic mass is 32.1. The highest BCUT2D eigenvalue weighted by molar-refractivity contribution is 7.19. The highest BCUT2D eigenvalue weighted by Crippen LogP contribution is 2.40. The van der Waals surface area contributed by atoms with Gasteiger partial charge in [0.1, 0.15) is 22.3 Å². The van der Waals surface area contributed by atoms with Gasteiger partial charge in [0.15, 0.2) is 0 Å². The number of rotatable bonds is 6. The van der Waals surface area contributed by atoms with Gasteiger partial charge in [-0.25, -0.2) is 14.4 Å². The van der Waals surface area contributed by atoms with Crippen LogP contribution < -0.4 is 10.6 Å². The molecular formula is C26H23FN4S. The smallest absolute Gasteiger partial charge is 0.139 e. The molecule has 32 heavy (non-hydrogen) atoms. The molecule has 0 fully saturated rings. The summed E-state index contributed by atoms with van der Waals surface area (Å²) in [6, 6.07) is 21.3. The Morgan fingerprint density at radius 1 is 0.844 bits per heavy atom. The van der Waals surface area contributed by atoms with Crippen LogP contribution in [-0.2, 0) is 0 Å². The Morgan fingerprint density at radius 3 is 2.44 bits per heavy atom. The molecule has 0 aliphatic heterocycles. The second-order valence-corrected chi connectivity index (χ2v) is 8.92. The van der Waals surface area contributed by atoms with E-state index in [0.29, 0.717) is 6.54 Å². The van der Waals surface area contributed by atoms with E-state index < -0.39 is 0 Å². The fourth-order valence-corrected chi connectivity index (χ4v) is 5.16. The third-order valence-electron chi connectivity index (χ3n) is 5.49. The van der Waals surface area contributed by atoms with Gasteiger partial charge in [-0.3, -0.25) is 0 Å². The summed E-state index contributed by atoms with van der Waals surface area (Å²) in [5.74, 6) is 1.31. The number of benzene rings is 3. The number of hydrogen-bond donors (Lipinski definition) is 2. The fourth-order valence-electron chi connectivity index (χ4n) is 4.07. The van der Waals surface area contributed by atoms with Gasteiger partial charge < -0.3 is 10.6 Å². The maximum atomic E-state index is 13.5. The number of aromatic nitrogens is 2. The maximum Gasteiger partial charge on any atom is 0.139 e. The van der Waals surface area contributed by atoms with Crippen LogP contribution >= 0.6 is 11.3 Å². The fraction of sp³-hybridized carbons (Fsp3) is 0.154. The van der Waals surface area contributed by atoms with Crippen LogP contribution in [0.25, 0.3) is 32.1 Å². The van der Waals surface area contributed by atoms with E-state index in [0.717, 1.165) is 50.1 Å². The summed E-state index contributed by atoms with van der Waals surface area (Å²) in [7, 11) is 0. The van der Waals surface area contributed by atoms with Gasteiger partial charge >= 0.3 is 0 Å². The van der Waals surface area contributed by atoms with E-state index in [1.54, 1.807) is 11.3 Å². The molecule has 0 aliphatic carbocycles. The van der Waals surface area contributed by atoms with E-state index in [2.05, 4.69) is 65.0 Å². The molecule has 0 amide bonds. The van der Waals surface area contributed by atoms with Gasteiger partial charge in [-0.15, -0.1) is 11.3 Å². The van der Waals surface area contributed by atoms with Gasteiger partial charge in [0.05, 0.1) is 5.39 Å².